The number of aryl methyl sites for hydroxylation is 1. The fourth-order valence-electron chi connectivity index (χ4n) is 1.44. The number of carbonyl (C=O) groups excluding carboxylic acids is 1. The predicted octanol–water partition coefficient (Wildman–Crippen LogP) is 1.11. The van der Waals surface area contributed by atoms with E-state index in [2.05, 4.69) is 20.6 Å². The molecule has 0 atom stereocenters. The lowest BCUT2D eigenvalue weighted by Gasteiger charge is -2.04. The summed E-state index contributed by atoms with van der Waals surface area (Å²) in [6, 6.07) is 3.40. The fraction of sp³-hybridized carbons (Fsp3) is 0.300. The van der Waals surface area contributed by atoms with Crippen molar-refractivity contribution in [3.8, 4) is 0 Å². The van der Waals surface area contributed by atoms with Gasteiger partial charge in [0.1, 0.15) is 5.52 Å². The van der Waals surface area contributed by atoms with Crippen molar-refractivity contribution in [3.05, 3.63) is 18.3 Å². The van der Waals surface area contributed by atoms with Gasteiger partial charge in [-0.1, -0.05) is 0 Å². The normalized spacial score (nSPS) is 10.4. The number of carbonyl (C=O) groups is 1. The van der Waals surface area contributed by atoms with Gasteiger partial charge in [0.25, 0.3) is 0 Å². The number of fused-ring (bicyclic) bond motifs is 1. The van der Waals surface area contributed by atoms with Crippen LogP contribution in [0.15, 0.2) is 18.3 Å². The lowest BCUT2D eigenvalue weighted by Crippen LogP contribution is -2.29. The molecule has 0 aromatic carbocycles. The molecule has 16 heavy (non-hydrogen) atoms. The molecule has 0 aliphatic carbocycles. The molecule has 6 heteroatoms. The number of nitrogens with one attached hydrogen (secondary N) is 2. The first-order valence-corrected chi connectivity index (χ1v) is 5.04. The average Bonchev–Trinajstić information content (AvgIpc) is 2.57. The van der Waals surface area contributed by atoms with E-state index in [1.165, 1.54) is 0 Å². The van der Waals surface area contributed by atoms with Gasteiger partial charge in [0.2, 0.25) is 5.95 Å². The second-order valence-corrected chi connectivity index (χ2v) is 3.33. The maximum atomic E-state index is 11.3. The smallest absolute Gasteiger partial charge is 0.321 e. The largest absolute Gasteiger partial charge is 0.338 e. The number of nitrogens with zero attached hydrogens (tertiary/aromatic N) is 3. The number of pyridine rings is 1. The second kappa shape index (κ2) is 4.18. The highest BCUT2D eigenvalue weighted by molar-refractivity contribution is 5.89. The Balaban J connectivity index is 2.31. The lowest BCUT2D eigenvalue weighted by molar-refractivity contribution is 0.252. The number of rotatable bonds is 2. The number of urea groups is 1. The Kier molecular flexibility index (Phi) is 2.72. The summed E-state index contributed by atoms with van der Waals surface area (Å²) in [5, 5.41) is 5.30. The van der Waals surface area contributed by atoms with Gasteiger partial charge in [-0.2, -0.15) is 0 Å². The molecule has 0 bridgehead atoms. The zero-order valence-corrected chi connectivity index (χ0v) is 9.19. The lowest BCUT2D eigenvalue weighted by atomic mass is 10.4. The topological polar surface area (TPSA) is 71.8 Å². The van der Waals surface area contributed by atoms with Crippen LogP contribution in [0.5, 0.6) is 0 Å². The number of aromatic nitrogens is 3. The third-order valence-corrected chi connectivity index (χ3v) is 2.19. The first-order chi connectivity index (χ1) is 7.72. The van der Waals surface area contributed by atoms with E-state index < -0.39 is 0 Å². The maximum absolute atomic E-state index is 11.3. The van der Waals surface area contributed by atoms with Gasteiger partial charge < -0.3 is 5.32 Å². The minimum absolute atomic E-state index is 0.263. The van der Waals surface area contributed by atoms with Crippen LogP contribution in [-0.4, -0.2) is 27.1 Å². The van der Waals surface area contributed by atoms with Gasteiger partial charge in [0.15, 0.2) is 5.65 Å². The predicted molar refractivity (Wildman–Crippen MR) is 61.2 cm³/mol. The monoisotopic (exact) mass is 219 g/mol. The van der Waals surface area contributed by atoms with Crippen molar-refractivity contribution in [2.24, 2.45) is 7.05 Å². The average molecular weight is 219 g/mol. The van der Waals surface area contributed by atoms with Crippen LogP contribution in [0.25, 0.3) is 11.2 Å². The van der Waals surface area contributed by atoms with Crippen molar-refractivity contribution >= 4 is 23.1 Å². The molecule has 2 aromatic rings. The van der Waals surface area contributed by atoms with Gasteiger partial charge >= 0.3 is 6.03 Å². The summed E-state index contributed by atoms with van der Waals surface area (Å²) in [5.74, 6) is 0.486. The highest BCUT2D eigenvalue weighted by atomic mass is 16.2. The Morgan fingerprint density at radius 1 is 1.56 bits per heavy atom. The molecule has 0 radical (unpaired) electrons. The van der Waals surface area contributed by atoms with Gasteiger partial charge in [-0.25, -0.2) is 14.8 Å². The van der Waals surface area contributed by atoms with E-state index in [-0.39, 0.29) is 6.03 Å². The zero-order valence-electron chi connectivity index (χ0n) is 9.19. The molecule has 2 aromatic heterocycles. The molecule has 2 N–H and O–H groups in total. The summed E-state index contributed by atoms with van der Waals surface area (Å²) >= 11 is 0. The number of amides is 2. The van der Waals surface area contributed by atoms with E-state index in [1.54, 1.807) is 10.8 Å². The molecule has 2 amide bonds. The van der Waals surface area contributed by atoms with E-state index >= 15 is 0 Å². The second-order valence-electron chi connectivity index (χ2n) is 3.33. The molecule has 2 rings (SSSR count). The van der Waals surface area contributed by atoms with Crippen LogP contribution in [0, 0.1) is 0 Å². The van der Waals surface area contributed by atoms with Crippen molar-refractivity contribution in [2.45, 2.75) is 6.92 Å². The summed E-state index contributed by atoms with van der Waals surface area (Å²) in [6.45, 7) is 2.43. The molecule has 0 unspecified atom stereocenters. The molecule has 0 saturated carbocycles. The summed E-state index contributed by atoms with van der Waals surface area (Å²) in [5.41, 5.74) is 1.51. The van der Waals surface area contributed by atoms with Gasteiger partial charge in [-0.05, 0) is 19.1 Å². The zero-order chi connectivity index (χ0) is 11.5. The first kappa shape index (κ1) is 10.4. The van der Waals surface area contributed by atoms with Gasteiger partial charge in [0.05, 0.1) is 0 Å². The standard InChI is InChI=1S/C10H13N5O/c1-3-11-10(16)14-9-13-7-5-4-6-12-8(7)15(9)2/h4-6H,3H2,1-2H3,(H2,11,13,14,16). The minimum atomic E-state index is -0.263. The van der Waals surface area contributed by atoms with E-state index in [0.717, 1.165) is 11.2 Å². The van der Waals surface area contributed by atoms with E-state index in [4.69, 9.17) is 0 Å². The van der Waals surface area contributed by atoms with Crippen LogP contribution in [0.4, 0.5) is 10.7 Å². The van der Waals surface area contributed by atoms with Crippen LogP contribution in [0.3, 0.4) is 0 Å². The van der Waals surface area contributed by atoms with Crippen molar-refractivity contribution in [2.75, 3.05) is 11.9 Å². The SMILES string of the molecule is CCNC(=O)Nc1nc2cccnc2n1C. The molecular weight excluding hydrogens is 206 g/mol. The van der Waals surface area contributed by atoms with Crippen LogP contribution >= 0.6 is 0 Å². The van der Waals surface area contributed by atoms with Crippen molar-refractivity contribution in [3.63, 3.8) is 0 Å². The molecular formula is C10H13N5O. The number of hydrogen-bond donors (Lipinski definition) is 2. The van der Waals surface area contributed by atoms with Gasteiger partial charge in [-0.15, -0.1) is 0 Å². The number of imidazole rings is 1. The summed E-state index contributed by atoms with van der Waals surface area (Å²) < 4.78 is 1.74. The molecule has 84 valence electrons. The third kappa shape index (κ3) is 1.81. The first-order valence-electron chi connectivity index (χ1n) is 5.04. The van der Waals surface area contributed by atoms with Crippen LogP contribution in [0.2, 0.25) is 0 Å². The molecule has 0 spiro atoms. The van der Waals surface area contributed by atoms with E-state index in [9.17, 15) is 4.79 Å². The van der Waals surface area contributed by atoms with Gasteiger partial charge in [0, 0.05) is 19.8 Å². The molecule has 0 aliphatic rings. The third-order valence-electron chi connectivity index (χ3n) is 2.19. The van der Waals surface area contributed by atoms with Crippen molar-refractivity contribution in [1.29, 1.82) is 0 Å². The molecule has 2 heterocycles. The van der Waals surface area contributed by atoms with Crippen LogP contribution in [0.1, 0.15) is 6.92 Å². The minimum Gasteiger partial charge on any atom is -0.338 e. The van der Waals surface area contributed by atoms with E-state index in [1.807, 2.05) is 26.1 Å². The van der Waals surface area contributed by atoms with Crippen LogP contribution < -0.4 is 10.6 Å². The number of hydrogen-bond acceptors (Lipinski definition) is 3. The Labute approximate surface area is 92.7 Å². The molecule has 0 saturated heterocycles. The Morgan fingerprint density at radius 2 is 2.38 bits per heavy atom. The highest BCUT2D eigenvalue weighted by Crippen LogP contribution is 2.14. The Hall–Kier alpha value is -2.11. The maximum Gasteiger partial charge on any atom is 0.321 e. The van der Waals surface area contributed by atoms with Crippen LogP contribution in [-0.2, 0) is 7.05 Å². The Bertz CT molecular complexity index is 519. The molecule has 0 fully saturated rings. The molecule has 6 nitrogen and oxygen atoms in total. The highest BCUT2D eigenvalue weighted by Gasteiger charge is 2.09. The summed E-state index contributed by atoms with van der Waals surface area (Å²) in [4.78, 5) is 19.8. The quantitative estimate of drug-likeness (QED) is 0.794. The van der Waals surface area contributed by atoms with Crippen molar-refractivity contribution < 1.29 is 4.79 Å². The fourth-order valence-corrected chi connectivity index (χ4v) is 1.44. The Morgan fingerprint density at radius 3 is 3.06 bits per heavy atom. The van der Waals surface area contributed by atoms with E-state index in [0.29, 0.717) is 12.5 Å². The summed E-state index contributed by atoms with van der Waals surface area (Å²) in [7, 11) is 1.81. The van der Waals surface area contributed by atoms with Crippen molar-refractivity contribution in [1.82, 2.24) is 19.9 Å². The van der Waals surface area contributed by atoms with Gasteiger partial charge in [-0.3, -0.25) is 9.88 Å². The molecule has 0 aliphatic heterocycles. The summed E-state index contributed by atoms with van der Waals surface area (Å²) in [6.07, 6.45) is 1.69. The number of anilines is 1.